The van der Waals surface area contributed by atoms with E-state index in [1.807, 2.05) is 127 Å². The second-order valence-electron chi connectivity index (χ2n) is 8.11. The zero-order chi connectivity index (χ0) is 24.0. The van der Waals surface area contributed by atoms with Gasteiger partial charge in [0.25, 0.3) is 0 Å². The van der Waals surface area contributed by atoms with Gasteiger partial charge in [0.05, 0.1) is 0 Å². The molecule has 3 nitrogen and oxygen atoms in total. The molecule has 0 spiro atoms. The lowest BCUT2D eigenvalue weighted by molar-refractivity contribution is 0.363. The summed E-state index contributed by atoms with van der Waals surface area (Å²) in [6.07, 6.45) is 0. The predicted octanol–water partition coefficient (Wildman–Crippen LogP) is 8.33. The molecule has 0 amide bonds. The molecule has 4 heteroatoms. The van der Waals surface area contributed by atoms with Crippen LogP contribution in [0.1, 0.15) is 16.7 Å². The highest BCUT2D eigenvalue weighted by Gasteiger charge is 2.57. The van der Waals surface area contributed by atoms with Crippen molar-refractivity contribution in [1.82, 2.24) is 0 Å². The Hall–Kier alpha value is -4.07. The maximum Gasteiger partial charge on any atom is 0.450 e. The van der Waals surface area contributed by atoms with Crippen LogP contribution in [0.15, 0.2) is 152 Å². The van der Waals surface area contributed by atoms with E-state index in [1.165, 1.54) is 0 Å². The summed E-state index contributed by atoms with van der Waals surface area (Å²) < 4.78 is 28.5. The molecular weight excluding hydrogens is 451 g/mol. The predicted molar refractivity (Wildman–Crippen MR) is 141 cm³/mol. The fourth-order valence-corrected chi connectivity index (χ4v) is 6.91. The average Bonchev–Trinajstić information content (AvgIpc) is 2.92. The summed E-state index contributed by atoms with van der Waals surface area (Å²) >= 11 is 0. The first kappa shape index (κ1) is 22.7. The van der Waals surface area contributed by atoms with E-state index in [-0.39, 0.29) is 0 Å². The molecule has 0 heterocycles. The number of rotatable bonds is 8. The third kappa shape index (κ3) is 4.39. The maximum absolute atomic E-state index is 15.5. The van der Waals surface area contributed by atoms with Gasteiger partial charge in [-0.05, 0) is 41.0 Å². The van der Waals surface area contributed by atoms with Gasteiger partial charge in [0, 0.05) is 0 Å². The smallest absolute Gasteiger partial charge is 0.415 e. The Kier molecular flexibility index (Phi) is 6.52. The molecule has 0 aliphatic rings. The number of benzene rings is 5. The molecule has 0 atom stereocenters. The first-order valence-corrected chi connectivity index (χ1v) is 13.0. The van der Waals surface area contributed by atoms with Crippen molar-refractivity contribution in [3.63, 3.8) is 0 Å². The molecule has 0 aliphatic heterocycles. The fourth-order valence-electron chi connectivity index (χ4n) is 4.41. The molecule has 0 aliphatic carbocycles. The molecule has 0 aromatic heterocycles. The zero-order valence-corrected chi connectivity index (χ0v) is 20.0. The standard InChI is InChI=1S/C31H25O3P/c32-35(33-29-22-12-4-13-23-29,34-30-24-14-5-15-25-30)31(26-16-6-1-7-17-26,27-18-8-2-9-19-27)28-20-10-3-11-21-28/h1-25H. The molecule has 0 bridgehead atoms. The van der Waals surface area contributed by atoms with Crippen LogP contribution in [0.2, 0.25) is 0 Å². The number of hydrogen-bond acceptors (Lipinski definition) is 3. The van der Waals surface area contributed by atoms with Gasteiger partial charge in [-0.1, -0.05) is 127 Å². The minimum atomic E-state index is -4.07. The Bertz CT molecular complexity index is 1250. The van der Waals surface area contributed by atoms with E-state index in [0.717, 1.165) is 16.7 Å². The van der Waals surface area contributed by atoms with Crippen LogP contribution in [-0.2, 0) is 9.72 Å². The minimum absolute atomic E-state index is 0.471. The van der Waals surface area contributed by atoms with E-state index in [9.17, 15) is 0 Å². The summed E-state index contributed by atoms with van der Waals surface area (Å²) in [5, 5.41) is -1.25. The van der Waals surface area contributed by atoms with Crippen LogP contribution in [0.25, 0.3) is 0 Å². The van der Waals surface area contributed by atoms with Crippen LogP contribution in [0.5, 0.6) is 11.5 Å². The number of para-hydroxylation sites is 2. The molecular formula is C31H25O3P. The molecule has 5 aromatic rings. The third-order valence-corrected chi connectivity index (χ3v) is 8.42. The van der Waals surface area contributed by atoms with Gasteiger partial charge in [-0.25, -0.2) is 4.57 Å². The Balaban J connectivity index is 1.86. The van der Waals surface area contributed by atoms with E-state index in [0.29, 0.717) is 11.5 Å². The molecule has 35 heavy (non-hydrogen) atoms. The first-order valence-electron chi connectivity index (χ1n) is 11.5. The zero-order valence-electron chi connectivity index (χ0n) is 19.1. The molecule has 172 valence electrons. The van der Waals surface area contributed by atoms with Crippen LogP contribution in [0, 0.1) is 0 Å². The highest BCUT2D eigenvalue weighted by Crippen LogP contribution is 2.69. The lowest BCUT2D eigenvalue weighted by Crippen LogP contribution is -2.33. The second kappa shape index (κ2) is 10.0. The second-order valence-corrected chi connectivity index (χ2v) is 10.1. The molecule has 0 saturated heterocycles. The van der Waals surface area contributed by atoms with E-state index in [1.54, 1.807) is 24.3 Å². The quantitative estimate of drug-likeness (QED) is 0.167. The Morgan fingerprint density at radius 2 is 0.657 bits per heavy atom. The topological polar surface area (TPSA) is 35.5 Å². The lowest BCUT2D eigenvalue weighted by atomic mass is 9.84. The van der Waals surface area contributed by atoms with Crippen molar-refractivity contribution in [1.29, 1.82) is 0 Å². The Labute approximate surface area is 206 Å². The van der Waals surface area contributed by atoms with E-state index >= 15 is 4.57 Å². The maximum atomic E-state index is 15.5. The van der Waals surface area contributed by atoms with Crippen molar-refractivity contribution in [2.24, 2.45) is 0 Å². The number of hydrogen-bond donors (Lipinski definition) is 0. The highest BCUT2D eigenvalue weighted by atomic mass is 31.2. The summed E-state index contributed by atoms with van der Waals surface area (Å²) in [5.41, 5.74) is 2.44. The fraction of sp³-hybridized carbons (Fsp3) is 0.0323. The monoisotopic (exact) mass is 476 g/mol. The van der Waals surface area contributed by atoms with E-state index in [2.05, 4.69) is 0 Å². The van der Waals surface area contributed by atoms with Crippen molar-refractivity contribution in [3.8, 4) is 11.5 Å². The van der Waals surface area contributed by atoms with Crippen LogP contribution in [0.4, 0.5) is 0 Å². The van der Waals surface area contributed by atoms with Crippen molar-refractivity contribution in [2.45, 2.75) is 5.16 Å². The van der Waals surface area contributed by atoms with Crippen molar-refractivity contribution in [3.05, 3.63) is 168 Å². The van der Waals surface area contributed by atoms with Crippen LogP contribution < -0.4 is 9.05 Å². The SMILES string of the molecule is O=P(Oc1ccccc1)(Oc1ccccc1)C(c1ccccc1)(c1ccccc1)c1ccccc1. The summed E-state index contributed by atoms with van der Waals surface area (Å²) in [5.74, 6) is 0.942. The average molecular weight is 477 g/mol. The van der Waals surface area contributed by atoms with E-state index in [4.69, 9.17) is 9.05 Å². The van der Waals surface area contributed by atoms with Crippen LogP contribution in [-0.4, -0.2) is 0 Å². The Morgan fingerprint density at radius 3 is 0.943 bits per heavy atom. The molecule has 5 aromatic carbocycles. The molecule has 5 rings (SSSR count). The van der Waals surface area contributed by atoms with Gasteiger partial charge in [0.15, 0.2) is 5.16 Å². The van der Waals surface area contributed by atoms with Gasteiger partial charge < -0.3 is 9.05 Å². The largest absolute Gasteiger partial charge is 0.450 e. The van der Waals surface area contributed by atoms with Crippen LogP contribution in [0.3, 0.4) is 0 Å². The first-order chi connectivity index (χ1) is 17.2. The van der Waals surface area contributed by atoms with Crippen molar-refractivity contribution < 1.29 is 13.6 Å². The lowest BCUT2D eigenvalue weighted by Gasteiger charge is -2.40. The van der Waals surface area contributed by atoms with E-state index < -0.39 is 12.8 Å². The van der Waals surface area contributed by atoms with Gasteiger partial charge >= 0.3 is 7.60 Å². The van der Waals surface area contributed by atoms with Gasteiger partial charge in [0.2, 0.25) is 0 Å². The summed E-state index contributed by atoms with van der Waals surface area (Å²) in [7, 11) is -4.07. The van der Waals surface area contributed by atoms with Crippen LogP contribution >= 0.6 is 7.60 Å². The normalized spacial score (nSPS) is 11.5. The molecule has 0 unspecified atom stereocenters. The van der Waals surface area contributed by atoms with Gasteiger partial charge in [-0.2, -0.15) is 0 Å². The van der Waals surface area contributed by atoms with Crippen molar-refractivity contribution in [2.75, 3.05) is 0 Å². The summed E-state index contributed by atoms with van der Waals surface area (Å²) in [6, 6.07) is 47.9. The third-order valence-electron chi connectivity index (χ3n) is 5.92. The molecule has 0 saturated carbocycles. The minimum Gasteiger partial charge on any atom is -0.415 e. The van der Waals surface area contributed by atoms with Gasteiger partial charge in [-0.3, -0.25) is 0 Å². The Morgan fingerprint density at radius 1 is 0.400 bits per heavy atom. The molecule has 0 radical (unpaired) electrons. The summed E-state index contributed by atoms with van der Waals surface area (Å²) in [6.45, 7) is 0. The highest BCUT2D eigenvalue weighted by molar-refractivity contribution is 7.56. The molecule has 0 N–H and O–H groups in total. The van der Waals surface area contributed by atoms with Gasteiger partial charge in [0.1, 0.15) is 11.5 Å². The molecule has 0 fully saturated rings. The summed E-state index contributed by atoms with van der Waals surface area (Å²) in [4.78, 5) is 0. The van der Waals surface area contributed by atoms with Crippen molar-refractivity contribution >= 4 is 7.60 Å². The van der Waals surface area contributed by atoms with Gasteiger partial charge in [-0.15, -0.1) is 0 Å².